The van der Waals surface area contributed by atoms with Crippen molar-refractivity contribution in [2.45, 2.75) is 64.3 Å². The minimum Gasteiger partial charge on any atom is -0.493 e. The SMILES string of the molecule is CCCCCCCOc1cccc2c1CC(N1CC(C(=O)O)C1)CC2. The van der Waals surface area contributed by atoms with E-state index < -0.39 is 5.97 Å². The van der Waals surface area contributed by atoms with Gasteiger partial charge in [0.25, 0.3) is 0 Å². The number of nitrogens with zero attached hydrogens (tertiary/aromatic N) is 1. The highest BCUT2D eigenvalue weighted by Gasteiger charge is 2.38. The van der Waals surface area contributed by atoms with Crippen molar-refractivity contribution < 1.29 is 14.6 Å². The molecule has 0 aromatic heterocycles. The highest BCUT2D eigenvalue weighted by Crippen LogP contribution is 2.34. The number of rotatable bonds is 9. The summed E-state index contributed by atoms with van der Waals surface area (Å²) in [7, 11) is 0. The summed E-state index contributed by atoms with van der Waals surface area (Å²) in [6.45, 7) is 4.45. The van der Waals surface area contributed by atoms with Gasteiger partial charge in [0.2, 0.25) is 0 Å². The Labute approximate surface area is 151 Å². The van der Waals surface area contributed by atoms with Gasteiger partial charge in [0, 0.05) is 19.1 Å². The number of likely N-dealkylation sites (tertiary alicyclic amines) is 1. The fourth-order valence-electron chi connectivity index (χ4n) is 4.04. The molecule has 1 aromatic rings. The quantitative estimate of drug-likeness (QED) is 0.690. The fraction of sp³-hybridized carbons (Fsp3) is 0.667. The van der Waals surface area contributed by atoms with Gasteiger partial charge in [0.15, 0.2) is 0 Å². The lowest BCUT2D eigenvalue weighted by Crippen LogP contribution is -2.56. The minimum absolute atomic E-state index is 0.170. The molecule has 0 saturated carbocycles. The number of carboxylic acids is 1. The highest BCUT2D eigenvalue weighted by atomic mass is 16.5. The topological polar surface area (TPSA) is 49.8 Å². The largest absolute Gasteiger partial charge is 0.493 e. The zero-order valence-corrected chi connectivity index (χ0v) is 15.4. The zero-order chi connectivity index (χ0) is 17.6. The van der Waals surface area contributed by atoms with Gasteiger partial charge >= 0.3 is 5.97 Å². The highest BCUT2D eigenvalue weighted by molar-refractivity contribution is 5.71. The summed E-state index contributed by atoms with van der Waals surface area (Å²) in [6, 6.07) is 6.90. The Kier molecular flexibility index (Phi) is 6.35. The van der Waals surface area contributed by atoms with Gasteiger partial charge in [-0.1, -0.05) is 44.7 Å². The van der Waals surface area contributed by atoms with Crippen LogP contribution in [0.2, 0.25) is 0 Å². The smallest absolute Gasteiger partial charge is 0.309 e. The van der Waals surface area contributed by atoms with Crippen molar-refractivity contribution in [3.63, 3.8) is 0 Å². The molecule has 1 fully saturated rings. The Morgan fingerprint density at radius 3 is 2.80 bits per heavy atom. The lowest BCUT2D eigenvalue weighted by molar-refractivity contribution is -0.148. The number of aliphatic carboxylic acids is 1. The van der Waals surface area contributed by atoms with E-state index in [4.69, 9.17) is 9.84 Å². The summed E-state index contributed by atoms with van der Waals surface area (Å²) in [5.41, 5.74) is 2.76. The van der Waals surface area contributed by atoms with E-state index >= 15 is 0 Å². The molecular weight excluding hydrogens is 314 g/mol. The molecule has 2 aliphatic rings. The molecule has 0 bridgehead atoms. The monoisotopic (exact) mass is 345 g/mol. The number of carboxylic acid groups (broad SMARTS) is 1. The van der Waals surface area contributed by atoms with Crippen LogP contribution in [-0.2, 0) is 17.6 Å². The first kappa shape index (κ1) is 18.2. The second-order valence-electron chi connectivity index (χ2n) is 7.54. The lowest BCUT2D eigenvalue weighted by Gasteiger charge is -2.44. The van der Waals surface area contributed by atoms with Crippen LogP contribution in [0.5, 0.6) is 5.75 Å². The predicted molar refractivity (Wildman–Crippen MR) is 99.2 cm³/mol. The molecule has 1 saturated heterocycles. The number of ether oxygens (including phenoxy) is 1. The third kappa shape index (κ3) is 4.55. The summed E-state index contributed by atoms with van der Waals surface area (Å²) in [6.07, 6.45) is 9.45. The average Bonchev–Trinajstić information content (AvgIpc) is 2.56. The Hall–Kier alpha value is -1.55. The number of hydrogen-bond acceptors (Lipinski definition) is 3. The number of unbranched alkanes of at least 4 members (excludes halogenated alkanes) is 4. The van der Waals surface area contributed by atoms with Crippen molar-refractivity contribution >= 4 is 5.97 Å². The Bertz CT molecular complexity index is 581. The molecule has 0 radical (unpaired) electrons. The van der Waals surface area contributed by atoms with E-state index in [1.807, 2.05) is 0 Å². The summed E-state index contributed by atoms with van der Waals surface area (Å²) in [5, 5.41) is 9.08. The predicted octanol–water partition coefficient (Wildman–Crippen LogP) is 3.91. The maximum Gasteiger partial charge on any atom is 0.309 e. The number of hydrogen-bond donors (Lipinski definition) is 1. The van der Waals surface area contributed by atoms with Crippen molar-refractivity contribution in [3.8, 4) is 5.75 Å². The molecule has 1 atom stereocenters. The van der Waals surface area contributed by atoms with Crippen LogP contribution in [-0.4, -0.2) is 41.7 Å². The third-order valence-corrected chi connectivity index (χ3v) is 5.70. The average molecular weight is 345 g/mol. The molecule has 4 nitrogen and oxygen atoms in total. The number of fused-ring (bicyclic) bond motifs is 1. The third-order valence-electron chi connectivity index (χ3n) is 5.70. The molecule has 0 spiro atoms. The van der Waals surface area contributed by atoms with Gasteiger partial charge in [-0.3, -0.25) is 9.69 Å². The van der Waals surface area contributed by atoms with Crippen LogP contribution < -0.4 is 4.74 Å². The van der Waals surface area contributed by atoms with Gasteiger partial charge in [-0.15, -0.1) is 0 Å². The normalized spacial score (nSPS) is 20.8. The van der Waals surface area contributed by atoms with Crippen molar-refractivity contribution in [3.05, 3.63) is 29.3 Å². The molecule has 4 heteroatoms. The zero-order valence-electron chi connectivity index (χ0n) is 15.4. The van der Waals surface area contributed by atoms with E-state index in [1.54, 1.807) is 0 Å². The van der Waals surface area contributed by atoms with E-state index in [2.05, 4.69) is 30.0 Å². The summed E-state index contributed by atoms with van der Waals surface area (Å²) in [4.78, 5) is 13.4. The maximum absolute atomic E-state index is 11.0. The van der Waals surface area contributed by atoms with E-state index in [1.165, 1.54) is 36.8 Å². The molecular formula is C21H31NO3. The fourth-order valence-corrected chi connectivity index (χ4v) is 4.04. The van der Waals surface area contributed by atoms with Crippen LogP contribution in [0.15, 0.2) is 18.2 Å². The molecule has 1 aliphatic heterocycles. The lowest BCUT2D eigenvalue weighted by atomic mass is 9.84. The maximum atomic E-state index is 11.0. The summed E-state index contributed by atoms with van der Waals surface area (Å²) < 4.78 is 6.11. The van der Waals surface area contributed by atoms with Crippen molar-refractivity contribution in [1.29, 1.82) is 0 Å². The van der Waals surface area contributed by atoms with Crippen LogP contribution in [0.1, 0.15) is 56.6 Å². The van der Waals surface area contributed by atoms with Crippen LogP contribution in [0.3, 0.4) is 0 Å². The van der Waals surface area contributed by atoms with Crippen LogP contribution >= 0.6 is 0 Å². The van der Waals surface area contributed by atoms with Gasteiger partial charge in [-0.25, -0.2) is 0 Å². The second-order valence-corrected chi connectivity index (χ2v) is 7.54. The molecule has 25 heavy (non-hydrogen) atoms. The molecule has 3 rings (SSSR count). The van der Waals surface area contributed by atoms with Crippen LogP contribution in [0.25, 0.3) is 0 Å². The van der Waals surface area contributed by atoms with Crippen molar-refractivity contribution in [2.75, 3.05) is 19.7 Å². The number of aryl methyl sites for hydroxylation is 1. The Balaban J connectivity index is 1.53. The molecule has 1 unspecified atom stereocenters. The first-order valence-corrected chi connectivity index (χ1v) is 9.89. The second kappa shape index (κ2) is 8.70. The first-order chi connectivity index (χ1) is 12.2. The number of carbonyl (C=O) groups is 1. The first-order valence-electron chi connectivity index (χ1n) is 9.89. The van der Waals surface area contributed by atoms with Crippen LogP contribution in [0.4, 0.5) is 0 Å². The number of benzene rings is 1. The Morgan fingerprint density at radius 2 is 2.04 bits per heavy atom. The molecule has 1 aliphatic carbocycles. The van der Waals surface area contributed by atoms with Crippen molar-refractivity contribution in [2.24, 2.45) is 5.92 Å². The van der Waals surface area contributed by atoms with E-state index in [0.717, 1.165) is 38.0 Å². The van der Waals surface area contributed by atoms with Crippen molar-refractivity contribution in [1.82, 2.24) is 4.90 Å². The minimum atomic E-state index is -0.653. The van der Waals surface area contributed by atoms with Gasteiger partial charge in [0.1, 0.15) is 5.75 Å². The van der Waals surface area contributed by atoms with Gasteiger partial charge in [-0.05, 0) is 42.9 Å². The van der Waals surface area contributed by atoms with Gasteiger partial charge < -0.3 is 9.84 Å². The van der Waals surface area contributed by atoms with E-state index in [9.17, 15) is 4.79 Å². The van der Waals surface area contributed by atoms with Gasteiger partial charge in [-0.2, -0.15) is 0 Å². The summed E-state index contributed by atoms with van der Waals surface area (Å²) in [5.74, 6) is 0.226. The standard InChI is InChI=1S/C21H31NO3/c1-2-3-4-5-6-12-25-20-9-7-8-16-10-11-18(13-19(16)20)22-14-17(15-22)21(23)24/h7-9,17-18H,2-6,10-15H2,1H3,(H,23,24). The summed E-state index contributed by atoms with van der Waals surface area (Å²) >= 11 is 0. The van der Waals surface area contributed by atoms with E-state index in [0.29, 0.717) is 19.1 Å². The molecule has 1 aromatic carbocycles. The van der Waals surface area contributed by atoms with E-state index in [-0.39, 0.29) is 5.92 Å². The Morgan fingerprint density at radius 1 is 1.24 bits per heavy atom. The molecule has 0 amide bonds. The molecule has 138 valence electrons. The van der Waals surface area contributed by atoms with Gasteiger partial charge in [0.05, 0.1) is 12.5 Å². The molecule has 1 heterocycles. The van der Waals surface area contributed by atoms with Crippen LogP contribution in [0, 0.1) is 5.92 Å². The molecule has 1 N–H and O–H groups in total.